The van der Waals surface area contributed by atoms with Gasteiger partial charge in [0.15, 0.2) is 0 Å². The molecule has 1 fully saturated rings. The van der Waals surface area contributed by atoms with E-state index in [1.54, 1.807) is 18.4 Å². The Kier molecular flexibility index (Phi) is 5.83. The van der Waals surface area contributed by atoms with E-state index in [4.69, 9.17) is 9.47 Å². The number of urea groups is 1. The molecule has 1 N–H and O–H groups in total. The van der Waals surface area contributed by atoms with Crippen LogP contribution in [0.3, 0.4) is 0 Å². The number of nitrogens with one attached hydrogen (secondary N) is 1. The number of aryl methyl sites for hydroxylation is 2. The predicted molar refractivity (Wildman–Crippen MR) is 88.5 cm³/mol. The molecule has 124 valence electrons. The average molecular weight is 326 g/mol. The predicted octanol–water partition coefficient (Wildman–Crippen LogP) is 2.87. The van der Waals surface area contributed by atoms with Crippen molar-refractivity contribution in [3.63, 3.8) is 0 Å². The van der Waals surface area contributed by atoms with Gasteiger partial charge in [0.05, 0.1) is 31.4 Å². The molecule has 0 radical (unpaired) electrons. The maximum absolute atomic E-state index is 12.5. The van der Waals surface area contributed by atoms with Crippen LogP contribution < -0.4 is 5.32 Å². The number of morpholine rings is 1. The SMILES string of the molecule is COC[C@@H]1CN(C(=O)N[C@H](C)c2cc(C)sc2C)C[C@@H](C)O1. The van der Waals surface area contributed by atoms with Gasteiger partial charge in [-0.3, -0.25) is 0 Å². The molecular weight excluding hydrogens is 300 g/mol. The number of thiophene rings is 1. The highest BCUT2D eigenvalue weighted by Crippen LogP contribution is 2.26. The maximum atomic E-state index is 12.5. The van der Waals surface area contributed by atoms with Crippen LogP contribution in [-0.4, -0.2) is 49.9 Å². The lowest BCUT2D eigenvalue weighted by Gasteiger charge is -2.37. The quantitative estimate of drug-likeness (QED) is 0.925. The lowest BCUT2D eigenvalue weighted by atomic mass is 10.1. The number of carbonyl (C=O) groups is 1. The van der Waals surface area contributed by atoms with E-state index in [9.17, 15) is 4.79 Å². The fourth-order valence-electron chi connectivity index (χ4n) is 2.92. The molecule has 0 unspecified atom stereocenters. The molecular formula is C16H26N2O3S. The minimum Gasteiger partial charge on any atom is -0.382 e. The Balaban J connectivity index is 1.97. The van der Waals surface area contributed by atoms with Gasteiger partial charge in [0, 0.05) is 23.4 Å². The van der Waals surface area contributed by atoms with Crippen LogP contribution >= 0.6 is 11.3 Å². The molecule has 2 amide bonds. The Morgan fingerprint density at radius 3 is 2.86 bits per heavy atom. The molecule has 0 aromatic carbocycles. The Bertz CT molecular complexity index is 517. The number of nitrogens with zero attached hydrogens (tertiary/aromatic N) is 1. The maximum Gasteiger partial charge on any atom is 0.318 e. The van der Waals surface area contributed by atoms with Gasteiger partial charge in [-0.2, -0.15) is 0 Å². The van der Waals surface area contributed by atoms with E-state index in [1.165, 1.54) is 15.3 Å². The van der Waals surface area contributed by atoms with Gasteiger partial charge < -0.3 is 19.7 Å². The summed E-state index contributed by atoms with van der Waals surface area (Å²) in [4.78, 5) is 16.9. The van der Waals surface area contributed by atoms with Crippen LogP contribution in [0, 0.1) is 13.8 Å². The number of methoxy groups -OCH3 is 1. The van der Waals surface area contributed by atoms with E-state index >= 15 is 0 Å². The van der Waals surface area contributed by atoms with Crippen molar-refractivity contribution in [2.75, 3.05) is 26.8 Å². The molecule has 0 saturated carbocycles. The van der Waals surface area contributed by atoms with Crippen LogP contribution in [0.5, 0.6) is 0 Å². The summed E-state index contributed by atoms with van der Waals surface area (Å²) < 4.78 is 10.9. The normalized spacial score (nSPS) is 23.4. The fourth-order valence-corrected chi connectivity index (χ4v) is 3.95. The average Bonchev–Trinajstić information content (AvgIpc) is 2.77. The van der Waals surface area contributed by atoms with Crippen molar-refractivity contribution >= 4 is 17.4 Å². The standard InChI is InChI=1S/C16H26N2O3S/c1-10-7-18(8-14(21-10)9-20-5)16(19)17-12(3)15-6-11(2)22-13(15)4/h6,10,12,14H,7-9H2,1-5H3,(H,17,19)/t10-,12-,14+/m1/s1. The molecule has 0 bridgehead atoms. The highest BCUT2D eigenvalue weighted by Gasteiger charge is 2.29. The van der Waals surface area contributed by atoms with Crippen molar-refractivity contribution in [1.29, 1.82) is 0 Å². The number of ether oxygens (including phenoxy) is 2. The molecule has 2 heterocycles. The van der Waals surface area contributed by atoms with Gasteiger partial charge in [-0.1, -0.05) is 0 Å². The minimum atomic E-state index is -0.0556. The summed E-state index contributed by atoms with van der Waals surface area (Å²) >= 11 is 1.77. The summed E-state index contributed by atoms with van der Waals surface area (Å²) in [5, 5.41) is 3.10. The number of amides is 2. The molecule has 0 aliphatic carbocycles. The molecule has 1 aliphatic rings. The molecule has 5 nitrogen and oxygen atoms in total. The Hall–Kier alpha value is -1.11. The van der Waals surface area contributed by atoms with E-state index in [-0.39, 0.29) is 24.3 Å². The van der Waals surface area contributed by atoms with Crippen LogP contribution in [0.25, 0.3) is 0 Å². The van der Waals surface area contributed by atoms with Crippen LogP contribution in [0.2, 0.25) is 0 Å². The van der Waals surface area contributed by atoms with Crippen LogP contribution in [0.15, 0.2) is 6.07 Å². The monoisotopic (exact) mass is 326 g/mol. The highest BCUT2D eigenvalue weighted by atomic mass is 32.1. The summed E-state index contributed by atoms with van der Waals surface area (Å²) in [7, 11) is 1.65. The van der Waals surface area contributed by atoms with Crippen molar-refractivity contribution < 1.29 is 14.3 Å². The van der Waals surface area contributed by atoms with E-state index in [1.807, 2.05) is 18.7 Å². The first-order valence-corrected chi connectivity index (χ1v) is 8.49. The second-order valence-corrected chi connectivity index (χ2v) is 7.43. The van der Waals surface area contributed by atoms with Gasteiger partial charge in [-0.05, 0) is 39.3 Å². The fraction of sp³-hybridized carbons (Fsp3) is 0.688. The molecule has 1 saturated heterocycles. The van der Waals surface area contributed by atoms with Gasteiger partial charge in [-0.25, -0.2) is 4.79 Å². The van der Waals surface area contributed by atoms with Crippen LogP contribution in [0.4, 0.5) is 4.79 Å². The smallest absolute Gasteiger partial charge is 0.318 e. The number of hydrogen-bond donors (Lipinski definition) is 1. The third kappa shape index (κ3) is 4.21. The lowest BCUT2D eigenvalue weighted by molar-refractivity contribution is -0.0898. The van der Waals surface area contributed by atoms with E-state index in [0.29, 0.717) is 19.7 Å². The molecule has 22 heavy (non-hydrogen) atoms. The third-order valence-corrected chi connectivity index (χ3v) is 4.83. The first kappa shape index (κ1) is 17.2. The van der Waals surface area contributed by atoms with Gasteiger partial charge in [0.2, 0.25) is 0 Å². The molecule has 6 heteroatoms. The van der Waals surface area contributed by atoms with Gasteiger partial charge in [0.1, 0.15) is 0 Å². The van der Waals surface area contributed by atoms with Gasteiger partial charge >= 0.3 is 6.03 Å². The van der Waals surface area contributed by atoms with Crippen molar-refractivity contribution in [3.8, 4) is 0 Å². The molecule has 1 aliphatic heterocycles. The van der Waals surface area contributed by atoms with Crippen LogP contribution in [-0.2, 0) is 9.47 Å². The summed E-state index contributed by atoms with van der Waals surface area (Å²) in [5.41, 5.74) is 1.20. The Morgan fingerprint density at radius 1 is 1.55 bits per heavy atom. The summed E-state index contributed by atoms with van der Waals surface area (Å²) in [5.74, 6) is 0. The first-order chi connectivity index (χ1) is 10.4. The zero-order valence-electron chi connectivity index (χ0n) is 14.0. The first-order valence-electron chi connectivity index (χ1n) is 7.67. The molecule has 3 atom stereocenters. The van der Waals surface area contributed by atoms with Crippen molar-refractivity contribution in [2.45, 2.75) is 45.9 Å². The van der Waals surface area contributed by atoms with Gasteiger partial charge in [0.25, 0.3) is 0 Å². The molecule has 2 rings (SSSR count). The van der Waals surface area contributed by atoms with E-state index in [2.05, 4.69) is 25.2 Å². The van der Waals surface area contributed by atoms with E-state index < -0.39 is 0 Å². The second kappa shape index (κ2) is 7.44. The Labute approximate surface area is 136 Å². The summed E-state index contributed by atoms with van der Waals surface area (Å²) in [6.45, 7) is 9.89. The van der Waals surface area contributed by atoms with Gasteiger partial charge in [-0.15, -0.1) is 11.3 Å². The second-order valence-electron chi connectivity index (χ2n) is 5.97. The zero-order valence-corrected chi connectivity index (χ0v) is 14.8. The molecule has 1 aromatic heterocycles. The minimum absolute atomic E-state index is 0.0106. The lowest BCUT2D eigenvalue weighted by Crippen LogP contribution is -2.53. The van der Waals surface area contributed by atoms with Crippen molar-refractivity contribution in [3.05, 3.63) is 21.4 Å². The van der Waals surface area contributed by atoms with E-state index in [0.717, 1.165) is 0 Å². The molecule has 1 aromatic rings. The highest BCUT2D eigenvalue weighted by molar-refractivity contribution is 7.12. The molecule has 0 spiro atoms. The largest absolute Gasteiger partial charge is 0.382 e. The number of hydrogen-bond acceptors (Lipinski definition) is 4. The van der Waals surface area contributed by atoms with Crippen LogP contribution in [0.1, 0.15) is 35.2 Å². The zero-order chi connectivity index (χ0) is 16.3. The summed E-state index contributed by atoms with van der Waals surface area (Å²) in [6, 6.07) is 2.13. The van der Waals surface area contributed by atoms with Crippen molar-refractivity contribution in [1.82, 2.24) is 10.2 Å². The number of carbonyl (C=O) groups excluding carboxylic acids is 1. The third-order valence-electron chi connectivity index (χ3n) is 3.85. The Morgan fingerprint density at radius 2 is 2.27 bits per heavy atom. The number of rotatable bonds is 4. The summed E-state index contributed by atoms with van der Waals surface area (Å²) in [6.07, 6.45) is -0.0278. The van der Waals surface area contributed by atoms with Crippen molar-refractivity contribution in [2.24, 2.45) is 0 Å². The topological polar surface area (TPSA) is 50.8 Å².